The number of hydrogen-bond acceptors (Lipinski definition) is 2. The van der Waals surface area contributed by atoms with Crippen molar-refractivity contribution in [3.8, 4) is 28.5 Å². The summed E-state index contributed by atoms with van der Waals surface area (Å²) >= 11 is 0. The Labute approximate surface area is 229 Å². The van der Waals surface area contributed by atoms with Crippen LogP contribution in [0.15, 0.2) is 133 Å². The molecule has 4 heteroatoms. The summed E-state index contributed by atoms with van der Waals surface area (Å²) in [6, 6.07) is 46.8. The Balaban J connectivity index is 1.47. The van der Waals surface area contributed by atoms with Gasteiger partial charge in [-0.3, -0.25) is 4.57 Å². The SMILES string of the molecule is c1ccc(-c2cc(-n3c4ccccc4c4c3c3cccc5c6ccccc6c4n53)nc(-c3ccccc3)n2)cc1. The fourth-order valence-electron chi connectivity index (χ4n) is 6.41. The van der Waals surface area contributed by atoms with Crippen molar-refractivity contribution >= 4 is 49.1 Å². The Morgan fingerprint density at radius 3 is 1.88 bits per heavy atom. The Morgan fingerprint density at radius 2 is 1.07 bits per heavy atom. The van der Waals surface area contributed by atoms with E-state index < -0.39 is 0 Å². The molecule has 0 saturated carbocycles. The van der Waals surface area contributed by atoms with Gasteiger partial charge in [-0.1, -0.05) is 109 Å². The lowest BCUT2D eigenvalue weighted by molar-refractivity contribution is 1.05. The lowest BCUT2D eigenvalue weighted by Crippen LogP contribution is -2.02. The van der Waals surface area contributed by atoms with Gasteiger partial charge in [0, 0.05) is 38.7 Å². The summed E-state index contributed by atoms with van der Waals surface area (Å²) in [4.78, 5) is 10.3. The van der Waals surface area contributed by atoms with Gasteiger partial charge in [-0.25, -0.2) is 9.97 Å². The van der Waals surface area contributed by atoms with E-state index in [4.69, 9.17) is 9.97 Å². The Bertz CT molecular complexity index is 2300. The smallest absolute Gasteiger partial charge is 0.162 e. The van der Waals surface area contributed by atoms with Crippen LogP contribution in [0.25, 0.3) is 77.6 Å². The van der Waals surface area contributed by atoms with E-state index in [9.17, 15) is 0 Å². The minimum absolute atomic E-state index is 0.713. The van der Waals surface area contributed by atoms with Crippen molar-refractivity contribution in [2.24, 2.45) is 0 Å². The molecule has 186 valence electrons. The second-order valence-corrected chi connectivity index (χ2v) is 10.3. The molecule has 0 fully saturated rings. The molecule has 0 bridgehead atoms. The largest absolute Gasteiger partial charge is 0.306 e. The van der Waals surface area contributed by atoms with Crippen molar-refractivity contribution < 1.29 is 0 Å². The van der Waals surface area contributed by atoms with E-state index in [0.29, 0.717) is 5.82 Å². The molecule has 9 aromatic rings. The molecule has 0 unspecified atom stereocenters. The highest BCUT2D eigenvalue weighted by molar-refractivity contribution is 6.30. The summed E-state index contributed by atoms with van der Waals surface area (Å²) in [6.45, 7) is 0. The van der Waals surface area contributed by atoms with Gasteiger partial charge >= 0.3 is 0 Å². The van der Waals surface area contributed by atoms with E-state index >= 15 is 0 Å². The molecule has 9 rings (SSSR count). The zero-order valence-electron chi connectivity index (χ0n) is 21.5. The molecule has 0 atom stereocenters. The quantitative estimate of drug-likeness (QED) is 0.238. The number of fused-ring (bicyclic) bond motifs is 8. The van der Waals surface area contributed by atoms with Gasteiger partial charge in [0.2, 0.25) is 0 Å². The lowest BCUT2D eigenvalue weighted by Gasteiger charge is -2.12. The number of nitrogens with zero attached hydrogens (tertiary/aromatic N) is 4. The monoisotopic (exact) mass is 510 g/mol. The van der Waals surface area contributed by atoms with E-state index in [1.165, 1.54) is 43.6 Å². The van der Waals surface area contributed by atoms with Gasteiger partial charge in [0.05, 0.1) is 33.3 Å². The molecule has 0 saturated heterocycles. The van der Waals surface area contributed by atoms with Crippen molar-refractivity contribution in [1.29, 1.82) is 0 Å². The van der Waals surface area contributed by atoms with Crippen LogP contribution >= 0.6 is 0 Å². The molecule has 0 aliphatic rings. The molecule has 0 aliphatic carbocycles. The molecule has 4 nitrogen and oxygen atoms in total. The normalized spacial score (nSPS) is 12.0. The third kappa shape index (κ3) is 2.85. The molecule has 0 N–H and O–H groups in total. The minimum atomic E-state index is 0.713. The molecule has 0 spiro atoms. The van der Waals surface area contributed by atoms with Crippen LogP contribution in [0, 0.1) is 0 Å². The van der Waals surface area contributed by atoms with E-state index in [2.05, 4.69) is 118 Å². The summed E-state index contributed by atoms with van der Waals surface area (Å²) in [7, 11) is 0. The zero-order chi connectivity index (χ0) is 26.2. The van der Waals surface area contributed by atoms with E-state index in [1.54, 1.807) is 0 Å². The molecule has 0 amide bonds. The Morgan fingerprint density at radius 1 is 0.450 bits per heavy atom. The molecular formula is C36H22N4. The van der Waals surface area contributed by atoms with Gasteiger partial charge in [0.1, 0.15) is 5.82 Å². The van der Waals surface area contributed by atoms with E-state index in [0.717, 1.165) is 28.2 Å². The number of hydrogen-bond donors (Lipinski definition) is 0. The zero-order valence-corrected chi connectivity index (χ0v) is 21.5. The van der Waals surface area contributed by atoms with Gasteiger partial charge in [-0.15, -0.1) is 0 Å². The van der Waals surface area contributed by atoms with Crippen LogP contribution < -0.4 is 0 Å². The van der Waals surface area contributed by atoms with E-state index in [1.807, 2.05) is 24.3 Å². The summed E-state index contributed by atoms with van der Waals surface area (Å²) in [6.07, 6.45) is 0. The van der Waals surface area contributed by atoms with E-state index in [-0.39, 0.29) is 0 Å². The third-order valence-electron chi connectivity index (χ3n) is 8.07. The Hall–Kier alpha value is -5.48. The topological polar surface area (TPSA) is 35.1 Å². The predicted octanol–water partition coefficient (Wildman–Crippen LogP) is 8.90. The van der Waals surface area contributed by atoms with Crippen LogP contribution in [0.2, 0.25) is 0 Å². The second kappa shape index (κ2) is 8.01. The first kappa shape index (κ1) is 21.5. The Kier molecular flexibility index (Phi) is 4.30. The second-order valence-electron chi connectivity index (χ2n) is 10.3. The molecule has 40 heavy (non-hydrogen) atoms. The maximum absolute atomic E-state index is 5.22. The van der Waals surface area contributed by atoms with Crippen molar-refractivity contribution in [3.05, 3.63) is 133 Å². The number of rotatable bonds is 3. The average Bonchev–Trinajstić information content (AvgIpc) is 3.66. The first-order chi connectivity index (χ1) is 19.9. The molecule has 4 aromatic carbocycles. The highest BCUT2D eigenvalue weighted by atomic mass is 15.1. The van der Waals surface area contributed by atoms with Gasteiger partial charge in [0.15, 0.2) is 5.82 Å². The van der Waals surface area contributed by atoms with Crippen molar-refractivity contribution in [3.63, 3.8) is 0 Å². The fourth-order valence-corrected chi connectivity index (χ4v) is 6.41. The summed E-state index contributed by atoms with van der Waals surface area (Å²) < 4.78 is 4.76. The number of pyridine rings is 1. The van der Waals surface area contributed by atoms with Crippen LogP contribution in [0.4, 0.5) is 0 Å². The summed E-state index contributed by atoms with van der Waals surface area (Å²) in [5.41, 5.74) is 8.93. The molecule has 5 heterocycles. The summed E-state index contributed by atoms with van der Waals surface area (Å²) in [5.74, 6) is 1.57. The number of aromatic nitrogens is 4. The first-order valence-electron chi connectivity index (χ1n) is 13.5. The predicted molar refractivity (Wildman–Crippen MR) is 164 cm³/mol. The maximum atomic E-state index is 5.22. The van der Waals surface area contributed by atoms with Gasteiger partial charge in [-0.05, 0) is 18.2 Å². The van der Waals surface area contributed by atoms with Crippen molar-refractivity contribution in [1.82, 2.24) is 18.9 Å². The summed E-state index contributed by atoms with van der Waals surface area (Å²) in [5, 5.41) is 5.03. The van der Waals surface area contributed by atoms with Gasteiger partial charge in [-0.2, -0.15) is 0 Å². The van der Waals surface area contributed by atoms with Crippen molar-refractivity contribution in [2.75, 3.05) is 0 Å². The van der Waals surface area contributed by atoms with Crippen LogP contribution in [0.3, 0.4) is 0 Å². The number of benzene rings is 4. The fraction of sp³-hybridized carbons (Fsp3) is 0. The lowest BCUT2D eigenvalue weighted by atomic mass is 10.1. The number of para-hydroxylation sites is 1. The van der Waals surface area contributed by atoms with Gasteiger partial charge < -0.3 is 4.40 Å². The molecule has 5 aromatic heterocycles. The van der Waals surface area contributed by atoms with Crippen LogP contribution in [-0.4, -0.2) is 18.9 Å². The first-order valence-corrected chi connectivity index (χ1v) is 13.5. The van der Waals surface area contributed by atoms with Crippen LogP contribution in [0.1, 0.15) is 0 Å². The van der Waals surface area contributed by atoms with Crippen LogP contribution in [-0.2, 0) is 0 Å². The van der Waals surface area contributed by atoms with Crippen LogP contribution in [0.5, 0.6) is 0 Å². The van der Waals surface area contributed by atoms with Crippen molar-refractivity contribution in [2.45, 2.75) is 0 Å². The highest BCUT2D eigenvalue weighted by Crippen LogP contribution is 2.44. The third-order valence-corrected chi connectivity index (χ3v) is 8.07. The maximum Gasteiger partial charge on any atom is 0.162 e. The average molecular weight is 511 g/mol. The highest BCUT2D eigenvalue weighted by Gasteiger charge is 2.24. The molecular weight excluding hydrogens is 488 g/mol. The molecule has 0 radical (unpaired) electrons. The standard InChI is InChI=1S/C36H22N4/c1-3-12-23(13-4-1)28-22-32(38-36(37-28)24-14-5-2-6-15-24)40-30-19-10-9-18-27(30)33-34-26-17-8-7-16-25(26)29-20-11-21-31(35(33)40)39(29)34/h1-22H. The minimum Gasteiger partial charge on any atom is -0.306 e. The molecule has 0 aliphatic heterocycles. The van der Waals surface area contributed by atoms with Gasteiger partial charge in [0.25, 0.3) is 0 Å².